The van der Waals surface area contributed by atoms with Crippen LogP contribution < -0.4 is 4.90 Å². The van der Waals surface area contributed by atoms with E-state index in [1.165, 1.54) is 11.1 Å². The monoisotopic (exact) mass is 401 g/mol. The van der Waals surface area contributed by atoms with Crippen LogP contribution in [0.1, 0.15) is 16.7 Å². The Morgan fingerprint density at radius 2 is 1.27 bits per heavy atom. The van der Waals surface area contributed by atoms with Gasteiger partial charge in [0.15, 0.2) is 0 Å². The van der Waals surface area contributed by atoms with Crippen molar-refractivity contribution in [1.29, 1.82) is 0 Å². The summed E-state index contributed by atoms with van der Waals surface area (Å²) in [7, 11) is 0. The van der Waals surface area contributed by atoms with Gasteiger partial charge in [-0.05, 0) is 55.8 Å². The number of hydrogen-bond acceptors (Lipinski definition) is 4. The van der Waals surface area contributed by atoms with E-state index >= 15 is 0 Å². The van der Waals surface area contributed by atoms with Gasteiger partial charge in [-0.15, -0.1) is 0 Å². The number of hydrogen-bond donors (Lipinski definition) is 0. The number of ether oxygens (including phenoxy) is 2. The van der Waals surface area contributed by atoms with Crippen molar-refractivity contribution in [2.75, 3.05) is 18.1 Å². The van der Waals surface area contributed by atoms with Crippen molar-refractivity contribution in [1.82, 2.24) is 0 Å². The Balaban J connectivity index is 1.72. The molecule has 4 heteroatoms. The van der Waals surface area contributed by atoms with Crippen LogP contribution in [0.4, 0.5) is 17.1 Å². The topological polar surface area (TPSA) is 38.8 Å². The van der Waals surface area contributed by atoms with Gasteiger partial charge in [0.2, 0.25) is 0 Å². The Bertz CT molecular complexity index is 915. The summed E-state index contributed by atoms with van der Waals surface area (Å²) in [6.45, 7) is 8.57. The molecule has 3 aromatic carbocycles. The Labute approximate surface area is 178 Å². The Hall–Kier alpha value is -3.37. The van der Waals surface area contributed by atoms with Gasteiger partial charge in [0.1, 0.15) is 6.61 Å². The Kier molecular flexibility index (Phi) is 7.41. The van der Waals surface area contributed by atoms with E-state index in [0.717, 1.165) is 28.7 Å². The number of aryl methyl sites for hydroxylation is 2. The summed E-state index contributed by atoms with van der Waals surface area (Å²) in [5.41, 5.74) is 6.81. The first-order valence-electron chi connectivity index (χ1n) is 9.96. The van der Waals surface area contributed by atoms with Crippen LogP contribution in [0.2, 0.25) is 0 Å². The number of esters is 1. The lowest BCUT2D eigenvalue weighted by atomic mass is 10.1. The highest BCUT2D eigenvalue weighted by molar-refractivity contribution is 5.81. The molecule has 0 fully saturated rings. The van der Waals surface area contributed by atoms with Gasteiger partial charge in [-0.2, -0.15) is 0 Å². The average molecular weight is 402 g/mol. The van der Waals surface area contributed by atoms with Crippen molar-refractivity contribution in [2.45, 2.75) is 20.5 Å². The van der Waals surface area contributed by atoms with E-state index in [2.05, 4.69) is 98.1 Å². The minimum atomic E-state index is -0.435. The molecular formula is C26H27NO3. The first kappa shape index (κ1) is 21.3. The predicted octanol–water partition coefficient (Wildman–Crippen LogP) is 6.02. The summed E-state index contributed by atoms with van der Waals surface area (Å²) in [6, 6.07) is 25.3. The molecule has 0 saturated heterocycles. The van der Waals surface area contributed by atoms with E-state index in [9.17, 15) is 4.79 Å². The molecule has 3 rings (SSSR count). The summed E-state index contributed by atoms with van der Waals surface area (Å²) in [4.78, 5) is 13.3. The van der Waals surface area contributed by atoms with Gasteiger partial charge in [0.05, 0.1) is 13.2 Å². The fraction of sp³-hybridized carbons (Fsp3) is 0.192. The van der Waals surface area contributed by atoms with Gasteiger partial charge >= 0.3 is 5.97 Å². The second-order valence-corrected chi connectivity index (χ2v) is 7.10. The number of nitrogens with zero attached hydrogens (tertiary/aromatic N) is 1. The summed E-state index contributed by atoms with van der Waals surface area (Å²) >= 11 is 0. The zero-order chi connectivity index (χ0) is 21.3. The SMILES string of the molecule is C=CC(=O)OCCOCc1ccc(N(c2ccc(C)cc2)c2ccc(C)cc2)cc1. The molecule has 0 aromatic heterocycles. The normalized spacial score (nSPS) is 10.5. The highest BCUT2D eigenvalue weighted by Crippen LogP contribution is 2.34. The van der Waals surface area contributed by atoms with Crippen LogP contribution in [-0.2, 0) is 20.9 Å². The van der Waals surface area contributed by atoms with Crippen molar-refractivity contribution >= 4 is 23.0 Å². The molecule has 0 aliphatic heterocycles. The highest BCUT2D eigenvalue weighted by Gasteiger charge is 2.12. The lowest BCUT2D eigenvalue weighted by Gasteiger charge is -2.26. The maximum absolute atomic E-state index is 11.0. The molecule has 4 nitrogen and oxygen atoms in total. The summed E-state index contributed by atoms with van der Waals surface area (Å²) in [6.07, 6.45) is 1.15. The van der Waals surface area contributed by atoms with Crippen LogP contribution in [-0.4, -0.2) is 19.2 Å². The van der Waals surface area contributed by atoms with Crippen LogP contribution in [0.3, 0.4) is 0 Å². The first-order valence-corrected chi connectivity index (χ1v) is 9.96. The summed E-state index contributed by atoms with van der Waals surface area (Å²) in [5.74, 6) is -0.435. The van der Waals surface area contributed by atoms with Gasteiger partial charge in [0, 0.05) is 23.1 Å². The molecule has 0 heterocycles. The molecule has 3 aromatic rings. The molecule has 30 heavy (non-hydrogen) atoms. The lowest BCUT2D eigenvalue weighted by Crippen LogP contribution is -2.10. The van der Waals surface area contributed by atoms with E-state index in [1.807, 2.05) is 0 Å². The average Bonchev–Trinajstić information content (AvgIpc) is 2.77. The number of anilines is 3. The molecular weight excluding hydrogens is 374 g/mol. The summed E-state index contributed by atoms with van der Waals surface area (Å²) < 4.78 is 10.5. The third kappa shape index (κ3) is 5.82. The second-order valence-electron chi connectivity index (χ2n) is 7.10. The van der Waals surface area contributed by atoms with E-state index in [-0.39, 0.29) is 6.61 Å². The molecule has 0 bridgehead atoms. The van der Waals surface area contributed by atoms with Crippen LogP contribution >= 0.6 is 0 Å². The van der Waals surface area contributed by atoms with Crippen molar-refractivity contribution in [3.8, 4) is 0 Å². The van der Waals surface area contributed by atoms with Crippen molar-refractivity contribution in [2.24, 2.45) is 0 Å². The van der Waals surface area contributed by atoms with Crippen LogP contribution in [0.15, 0.2) is 85.5 Å². The maximum atomic E-state index is 11.0. The number of rotatable bonds is 9. The molecule has 0 unspecified atom stereocenters. The van der Waals surface area contributed by atoms with Gasteiger partial charge < -0.3 is 14.4 Å². The third-order valence-electron chi connectivity index (χ3n) is 4.69. The molecule has 0 radical (unpaired) electrons. The second kappa shape index (κ2) is 10.4. The van der Waals surface area contributed by atoms with Crippen LogP contribution in [0, 0.1) is 13.8 Å². The molecule has 154 valence electrons. The van der Waals surface area contributed by atoms with Crippen LogP contribution in [0.25, 0.3) is 0 Å². The van der Waals surface area contributed by atoms with Crippen LogP contribution in [0.5, 0.6) is 0 Å². The molecule has 0 amide bonds. The van der Waals surface area contributed by atoms with E-state index in [4.69, 9.17) is 9.47 Å². The van der Waals surface area contributed by atoms with Crippen molar-refractivity contribution < 1.29 is 14.3 Å². The molecule has 0 aliphatic carbocycles. The third-order valence-corrected chi connectivity index (χ3v) is 4.69. The van der Waals surface area contributed by atoms with E-state index in [1.54, 1.807) is 0 Å². The Morgan fingerprint density at radius 1 is 0.800 bits per heavy atom. The lowest BCUT2D eigenvalue weighted by molar-refractivity contribution is -0.139. The molecule has 0 atom stereocenters. The Morgan fingerprint density at radius 3 is 1.73 bits per heavy atom. The predicted molar refractivity (Wildman–Crippen MR) is 121 cm³/mol. The molecule has 0 spiro atoms. The number of carbonyl (C=O) groups is 1. The maximum Gasteiger partial charge on any atom is 0.330 e. The standard InChI is InChI=1S/C26H27NO3/c1-4-26(28)30-18-17-29-19-22-9-15-25(16-10-22)27(23-11-5-20(2)6-12-23)24-13-7-21(3)8-14-24/h4-16H,1,17-19H2,2-3H3. The smallest absolute Gasteiger partial charge is 0.330 e. The number of benzene rings is 3. The summed E-state index contributed by atoms with van der Waals surface area (Å²) in [5, 5.41) is 0. The van der Waals surface area contributed by atoms with Gasteiger partial charge in [0.25, 0.3) is 0 Å². The molecule has 0 saturated carbocycles. The van der Waals surface area contributed by atoms with Gasteiger partial charge in [-0.1, -0.05) is 54.1 Å². The zero-order valence-electron chi connectivity index (χ0n) is 17.5. The quantitative estimate of drug-likeness (QED) is 0.250. The first-order chi connectivity index (χ1) is 14.6. The minimum Gasteiger partial charge on any atom is -0.460 e. The van der Waals surface area contributed by atoms with Crippen molar-refractivity contribution in [3.05, 3.63) is 102 Å². The molecule has 0 N–H and O–H groups in total. The van der Waals surface area contributed by atoms with E-state index in [0.29, 0.717) is 13.2 Å². The number of carbonyl (C=O) groups excluding carboxylic acids is 1. The zero-order valence-corrected chi connectivity index (χ0v) is 17.5. The fourth-order valence-electron chi connectivity index (χ4n) is 3.03. The largest absolute Gasteiger partial charge is 0.460 e. The van der Waals surface area contributed by atoms with Crippen molar-refractivity contribution in [3.63, 3.8) is 0 Å². The minimum absolute atomic E-state index is 0.220. The fourth-order valence-corrected chi connectivity index (χ4v) is 3.03. The highest BCUT2D eigenvalue weighted by atomic mass is 16.6. The van der Waals surface area contributed by atoms with E-state index < -0.39 is 5.97 Å². The van der Waals surface area contributed by atoms with Gasteiger partial charge in [-0.25, -0.2) is 4.79 Å². The molecule has 0 aliphatic rings. The van der Waals surface area contributed by atoms with Gasteiger partial charge in [-0.3, -0.25) is 0 Å².